The first-order valence-electron chi connectivity index (χ1n) is 2.36. The van der Waals surface area contributed by atoms with Gasteiger partial charge in [-0.3, -0.25) is 4.79 Å². The Kier molecular flexibility index (Phi) is 3.50. The van der Waals surface area contributed by atoms with Crippen LogP contribution < -0.4 is 5.32 Å². The predicted octanol–water partition coefficient (Wildman–Crippen LogP) is -0.0734. The lowest BCUT2D eigenvalue weighted by Crippen LogP contribution is -2.12. The first-order valence-corrected chi connectivity index (χ1v) is 2.36. The lowest BCUT2D eigenvalue weighted by Gasteiger charge is -1.80. The molecule has 8 heavy (non-hydrogen) atoms. The molecule has 1 amide bonds. The van der Waals surface area contributed by atoms with Crippen LogP contribution in [0, 0.1) is 10.8 Å². The van der Waals surface area contributed by atoms with Gasteiger partial charge < -0.3 is 5.32 Å². The van der Waals surface area contributed by atoms with Gasteiger partial charge in [0.1, 0.15) is 0 Å². The molecule has 0 aromatic carbocycles. The summed E-state index contributed by atoms with van der Waals surface area (Å²) in [5.74, 6) is 0.204. The number of nitrogens with zero attached hydrogens (tertiary/aromatic N) is 2. The molecule has 0 saturated carbocycles. The van der Waals surface area contributed by atoms with Gasteiger partial charge in [-0.25, -0.2) is 0 Å². The number of hydrogen-bond acceptors (Lipinski definition) is 3. The van der Waals surface area contributed by atoms with E-state index in [0.29, 0.717) is 0 Å². The summed E-state index contributed by atoms with van der Waals surface area (Å²) < 4.78 is 0. The summed E-state index contributed by atoms with van der Waals surface area (Å²) in [6.45, 7) is 0.888. The van der Waals surface area contributed by atoms with Crippen molar-refractivity contribution < 1.29 is 4.79 Å². The van der Waals surface area contributed by atoms with Crippen molar-refractivity contribution in [3.05, 3.63) is 0 Å². The zero-order chi connectivity index (χ0) is 6.41. The number of amides is 1. The van der Waals surface area contributed by atoms with E-state index in [1.165, 1.54) is 0 Å². The molecule has 1 aliphatic heterocycles. The van der Waals surface area contributed by atoms with Crippen molar-refractivity contribution in [1.29, 1.82) is 10.8 Å². The van der Waals surface area contributed by atoms with Crippen LogP contribution in [0.15, 0.2) is 0 Å². The van der Waals surface area contributed by atoms with Crippen LogP contribution in [-0.2, 0) is 4.79 Å². The molecule has 0 aromatic heterocycles. The summed E-state index contributed by atoms with van der Waals surface area (Å²) in [5.41, 5.74) is 0. The van der Waals surface area contributed by atoms with Crippen molar-refractivity contribution in [2.45, 2.75) is 12.8 Å². The molecule has 44 valence electrons. The van der Waals surface area contributed by atoms with E-state index in [1.807, 2.05) is 0 Å². The van der Waals surface area contributed by atoms with E-state index >= 15 is 0 Å². The molecule has 0 aromatic rings. The SMILES string of the molecule is N#N.O=C1CCCN1. The number of nitrogens with one attached hydrogen (secondary N) is 1. The predicted molar refractivity (Wildman–Crippen MR) is 25.7 cm³/mol. The molecule has 0 atom stereocenters. The molecule has 0 spiro atoms. The first-order chi connectivity index (χ1) is 3.89. The monoisotopic (exact) mass is 113 g/mol. The van der Waals surface area contributed by atoms with Crippen LogP contribution in [0.1, 0.15) is 12.8 Å². The Morgan fingerprint density at radius 3 is 2.25 bits per heavy atom. The van der Waals surface area contributed by atoms with Crippen molar-refractivity contribution >= 4 is 5.91 Å². The van der Waals surface area contributed by atoms with Gasteiger partial charge in [-0.2, -0.15) is 0 Å². The Labute approximate surface area is 47.3 Å². The first kappa shape index (κ1) is 6.89. The van der Waals surface area contributed by atoms with Gasteiger partial charge in [0, 0.05) is 23.8 Å². The van der Waals surface area contributed by atoms with Gasteiger partial charge in [0.2, 0.25) is 5.91 Å². The Hall–Kier alpha value is -1.11. The number of carbonyl (C=O) groups excluding carboxylic acids is 1. The minimum Gasteiger partial charge on any atom is -0.356 e. The fourth-order valence-corrected chi connectivity index (χ4v) is 0.565. The second kappa shape index (κ2) is 4.06. The minimum atomic E-state index is 0.204. The van der Waals surface area contributed by atoms with E-state index in [4.69, 9.17) is 10.8 Å². The third-order valence-electron chi connectivity index (χ3n) is 0.903. The number of hydrogen-bond donors (Lipinski definition) is 1. The molecule has 0 aliphatic carbocycles. The van der Waals surface area contributed by atoms with Crippen LogP contribution in [0.4, 0.5) is 0 Å². The van der Waals surface area contributed by atoms with E-state index in [2.05, 4.69) is 5.32 Å². The molecule has 1 saturated heterocycles. The van der Waals surface area contributed by atoms with Crippen LogP contribution in [0.5, 0.6) is 0 Å². The van der Waals surface area contributed by atoms with E-state index in [-0.39, 0.29) is 5.91 Å². The molecule has 1 aliphatic rings. The van der Waals surface area contributed by atoms with Crippen molar-refractivity contribution in [3.63, 3.8) is 0 Å². The third-order valence-corrected chi connectivity index (χ3v) is 0.903. The second-order valence-electron chi connectivity index (χ2n) is 1.45. The minimum absolute atomic E-state index is 0.204. The maximum atomic E-state index is 10.1. The van der Waals surface area contributed by atoms with Gasteiger partial charge in [0.05, 0.1) is 0 Å². The lowest BCUT2D eigenvalue weighted by atomic mass is 10.4. The Bertz CT molecular complexity index is 90.7. The summed E-state index contributed by atoms with van der Waals surface area (Å²) in [4.78, 5) is 10.1. The zero-order valence-electron chi connectivity index (χ0n) is 4.42. The molecular weight excluding hydrogens is 106 g/mol. The third kappa shape index (κ3) is 2.13. The second-order valence-corrected chi connectivity index (χ2v) is 1.45. The standard InChI is InChI=1S/C4H7NO.N2/c6-4-2-1-3-5-4;1-2/h1-3H2,(H,5,6);. The van der Waals surface area contributed by atoms with Crippen LogP contribution in [0.2, 0.25) is 0 Å². The molecule has 0 radical (unpaired) electrons. The Morgan fingerprint density at radius 1 is 1.50 bits per heavy atom. The highest BCUT2D eigenvalue weighted by molar-refractivity contribution is 5.77. The van der Waals surface area contributed by atoms with Crippen LogP contribution in [0.3, 0.4) is 0 Å². The molecule has 0 bridgehead atoms. The van der Waals surface area contributed by atoms with Crippen molar-refractivity contribution in [3.8, 4) is 0 Å². The van der Waals surface area contributed by atoms with Crippen molar-refractivity contribution in [2.75, 3.05) is 6.54 Å². The van der Waals surface area contributed by atoms with Gasteiger partial charge in [0.15, 0.2) is 0 Å². The Morgan fingerprint density at radius 2 is 2.12 bits per heavy atom. The topological polar surface area (TPSA) is 76.7 Å². The highest BCUT2D eigenvalue weighted by Crippen LogP contribution is 1.93. The van der Waals surface area contributed by atoms with Gasteiger partial charge in [-0.1, -0.05) is 0 Å². The zero-order valence-corrected chi connectivity index (χ0v) is 4.42. The maximum Gasteiger partial charge on any atom is 0.220 e. The summed E-state index contributed by atoms with van der Waals surface area (Å²) in [6, 6.07) is 0. The fourth-order valence-electron chi connectivity index (χ4n) is 0.565. The van der Waals surface area contributed by atoms with Crippen LogP contribution >= 0.6 is 0 Å². The molecule has 1 heterocycles. The van der Waals surface area contributed by atoms with Gasteiger partial charge in [-0.15, -0.1) is 0 Å². The fraction of sp³-hybridized carbons (Fsp3) is 0.750. The lowest BCUT2D eigenvalue weighted by molar-refractivity contribution is -0.119. The largest absolute Gasteiger partial charge is 0.356 e. The van der Waals surface area contributed by atoms with E-state index in [9.17, 15) is 4.79 Å². The van der Waals surface area contributed by atoms with Gasteiger partial charge in [0.25, 0.3) is 0 Å². The summed E-state index contributed by atoms with van der Waals surface area (Å²) >= 11 is 0. The van der Waals surface area contributed by atoms with Gasteiger partial charge >= 0.3 is 0 Å². The van der Waals surface area contributed by atoms with E-state index in [0.717, 1.165) is 19.4 Å². The van der Waals surface area contributed by atoms with Crippen LogP contribution in [0.25, 0.3) is 0 Å². The summed E-state index contributed by atoms with van der Waals surface area (Å²) in [6.07, 6.45) is 1.76. The van der Waals surface area contributed by atoms with Crippen molar-refractivity contribution in [2.24, 2.45) is 0 Å². The highest BCUT2D eigenvalue weighted by Gasteiger charge is 2.05. The molecular formula is C4H7N3O. The molecule has 0 unspecified atom stereocenters. The molecule has 1 N–H and O–H groups in total. The van der Waals surface area contributed by atoms with Crippen LogP contribution in [-0.4, -0.2) is 12.5 Å². The molecule has 1 fully saturated rings. The summed E-state index contributed by atoms with van der Waals surface area (Å²) in [5, 5.41) is 14.7. The average molecular weight is 113 g/mol. The molecule has 1 rings (SSSR count). The molecule has 4 heteroatoms. The van der Waals surface area contributed by atoms with E-state index < -0.39 is 0 Å². The average Bonchev–Trinajstić information content (AvgIpc) is 2.24. The number of rotatable bonds is 0. The maximum absolute atomic E-state index is 10.1. The van der Waals surface area contributed by atoms with Gasteiger partial charge in [-0.05, 0) is 6.42 Å². The number of carbonyl (C=O) groups is 1. The summed E-state index contributed by atoms with van der Waals surface area (Å²) in [7, 11) is 0. The van der Waals surface area contributed by atoms with Crippen molar-refractivity contribution in [1.82, 2.24) is 5.32 Å². The normalized spacial score (nSPS) is 16.0. The Balaban J connectivity index is 0.000000222. The quantitative estimate of drug-likeness (QED) is 0.446. The highest BCUT2D eigenvalue weighted by atomic mass is 16.1. The smallest absolute Gasteiger partial charge is 0.220 e. The van der Waals surface area contributed by atoms with E-state index in [1.54, 1.807) is 0 Å². The molecule has 4 nitrogen and oxygen atoms in total.